The summed E-state index contributed by atoms with van der Waals surface area (Å²) in [4.78, 5) is 20.0. The molecule has 0 saturated carbocycles. The van der Waals surface area contributed by atoms with Gasteiger partial charge in [0.1, 0.15) is 0 Å². The maximum atomic E-state index is 12.0. The zero-order valence-electron chi connectivity index (χ0n) is 11.1. The lowest BCUT2D eigenvalue weighted by atomic mass is 10.2. The first kappa shape index (κ1) is 15.4. The van der Waals surface area contributed by atoms with Crippen LogP contribution >= 0.6 is 11.3 Å². The number of halogens is 3. The molecule has 1 N–H and O–H groups in total. The number of thiazole rings is 1. The van der Waals surface area contributed by atoms with Crippen molar-refractivity contribution in [1.29, 1.82) is 0 Å². The molecule has 0 aromatic carbocycles. The van der Waals surface area contributed by atoms with Gasteiger partial charge in [0.15, 0.2) is 0 Å². The standard InChI is InChI=1S/C13H12F3N3OS/c1-8-19-11(7-21-8)10-3-2-9(6-18-10)12(20)17-5-4-13(14,15)16/h2-3,6-7H,4-5H2,1H3,(H,17,20). The third-order valence-electron chi connectivity index (χ3n) is 2.60. The maximum absolute atomic E-state index is 12.0. The van der Waals surface area contributed by atoms with Crippen LogP contribution in [0.5, 0.6) is 0 Å². The van der Waals surface area contributed by atoms with Gasteiger partial charge in [0.2, 0.25) is 0 Å². The van der Waals surface area contributed by atoms with E-state index in [1.807, 2.05) is 12.3 Å². The zero-order valence-corrected chi connectivity index (χ0v) is 11.9. The van der Waals surface area contributed by atoms with Gasteiger partial charge in [-0.1, -0.05) is 0 Å². The molecule has 2 rings (SSSR count). The van der Waals surface area contributed by atoms with Crippen molar-refractivity contribution in [1.82, 2.24) is 15.3 Å². The number of hydrogen-bond acceptors (Lipinski definition) is 4. The number of nitrogens with zero attached hydrogens (tertiary/aromatic N) is 2. The van der Waals surface area contributed by atoms with Crippen LogP contribution in [0, 0.1) is 6.92 Å². The zero-order chi connectivity index (χ0) is 15.5. The minimum atomic E-state index is -4.28. The number of alkyl halides is 3. The molecule has 0 aliphatic rings. The Morgan fingerprint density at radius 1 is 1.33 bits per heavy atom. The number of hydrogen-bond donors (Lipinski definition) is 1. The highest BCUT2D eigenvalue weighted by atomic mass is 32.1. The summed E-state index contributed by atoms with van der Waals surface area (Å²) in [5, 5.41) is 4.96. The van der Waals surface area contributed by atoms with Crippen molar-refractivity contribution in [3.63, 3.8) is 0 Å². The van der Waals surface area contributed by atoms with Crippen molar-refractivity contribution in [2.24, 2.45) is 0 Å². The molecule has 8 heteroatoms. The predicted octanol–water partition coefficient (Wildman–Crippen LogP) is 3.20. The summed E-state index contributed by atoms with van der Waals surface area (Å²) in [6.07, 6.45) is -4.01. The molecule has 0 saturated heterocycles. The molecule has 1 amide bonds. The van der Waals surface area contributed by atoms with Crippen molar-refractivity contribution in [2.45, 2.75) is 19.5 Å². The lowest BCUT2D eigenvalue weighted by Gasteiger charge is -2.07. The number of aryl methyl sites for hydroxylation is 1. The average molecular weight is 315 g/mol. The first-order valence-electron chi connectivity index (χ1n) is 6.09. The highest BCUT2D eigenvalue weighted by Crippen LogP contribution is 2.20. The van der Waals surface area contributed by atoms with E-state index in [-0.39, 0.29) is 5.56 Å². The Bertz CT molecular complexity index is 622. The van der Waals surface area contributed by atoms with E-state index in [0.717, 1.165) is 5.01 Å². The molecule has 2 aromatic heterocycles. The summed E-state index contributed by atoms with van der Waals surface area (Å²) < 4.78 is 35.9. The number of amides is 1. The Morgan fingerprint density at radius 3 is 2.62 bits per heavy atom. The molecule has 0 bridgehead atoms. The Hall–Kier alpha value is -1.96. The Kier molecular flexibility index (Phi) is 4.56. The molecule has 0 aliphatic heterocycles. The van der Waals surface area contributed by atoms with Crippen LogP contribution in [0.25, 0.3) is 11.4 Å². The number of nitrogens with one attached hydrogen (secondary N) is 1. The van der Waals surface area contributed by atoms with Crippen molar-refractivity contribution in [2.75, 3.05) is 6.54 Å². The van der Waals surface area contributed by atoms with E-state index in [1.165, 1.54) is 23.6 Å². The number of aromatic nitrogens is 2. The summed E-state index contributed by atoms with van der Waals surface area (Å²) in [5.41, 5.74) is 1.54. The molecular formula is C13H12F3N3OS. The number of carbonyl (C=O) groups is 1. The van der Waals surface area contributed by atoms with E-state index < -0.39 is 25.0 Å². The Morgan fingerprint density at radius 2 is 2.10 bits per heavy atom. The van der Waals surface area contributed by atoms with Crippen LogP contribution in [-0.2, 0) is 0 Å². The normalized spacial score (nSPS) is 11.4. The van der Waals surface area contributed by atoms with E-state index in [0.29, 0.717) is 11.4 Å². The summed E-state index contributed by atoms with van der Waals surface area (Å²) in [7, 11) is 0. The van der Waals surface area contributed by atoms with Crippen LogP contribution in [0.2, 0.25) is 0 Å². The van der Waals surface area contributed by atoms with E-state index in [2.05, 4.69) is 15.3 Å². The van der Waals surface area contributed by atoms with Crippen molar-refractivity contribution in [3.8, 4) is 11.4 Å². The second-order valence-corrected chi connectivity index (χ2v) is 5.37. The Balaban J connectivity index is 1.97. The largest absolute Gasteiger partial charge is 0.390 e. The molecule has 112 valence electrons. The van der Waals surface area contributed by atoms with Crippen LogP contribution < -0.4 is 5.32 Å². The van der Waals surface area contributed by atoms with Crippen molar-refractivity contribution < 1.29 is 18.0 Å². The van der Waals surface area contributed by atoms with Crippen LogP contribution in [-0.4, -0.2) is 28.6 Å². The highest BCUT2D eigenvalue weighted by molar-refractivity contribution is 7.09. The van der Waals surface area contributed by atoms with Gasteiger partial charge in [-0.25, -0.2) is 4.98 Å². The maximum Gasteiger partial charge on any atom is 0.390 e. The topological polar surface area (TPSA) is 54.9 Å². The fourth-order valence-corrected chi connectivity index (χ4v) is 2.19. The molecule has 0 atom stereocenters. The van der Waals surface area contributed by atoms with Gasteiger partial charge in [-0.3, -0.25) is 9.78 Å². The van der Waals surface area contributed by atoms with Gasteiger partial charge in [-0.2, -0.15) is 13.2 Å². The number of carbonyl (C=O) groups excluding carboxylic acids is 1. The van der Waals surface area contributed by atoms with Crippen molar-refractivity contribution >= 4 is 17.2 Å². The quantitative estimate of drug-likeness (QED) is 0.942. The second-order valence-electron chi connectivity index (χ2n) is 4.30. The number of rotatable bonds is 4. The first-order chi connectivity index (χ1) is 9.85. The molecular weight excluding hydrogens is 303 g/mol. The molecule has 0 aliphatic carbocycles. The molecule has 0 spiro atoms. The van der Waals surface area contributed by atoms with E-state index in [1.54, 1.807) is 6.07 Å². The molecule has 2 heterocycles. The summed E-state index contributed by atoms with van der Waals surface area (Å²) in [5.74, 6) is -0.576. The summed E-state index contributed by atoms with van der Waals surface area (Å²) in [6, 6.07) is 3.13. The van der Waals surface area contributed by atoms with E-state index >= 15 is 0 Å². The fraction of sp³-hybridized carbons (Fsp3) is 0.308. The minimum Gasteiger partial charge on any atom is -0.352 e. The van der Waals surface area contributed by atoms with Gasteiger partial charge in [-0.05, 0) is 19.1 Å². The van der Waals surface area contributed by atoms with Crippen LogP contribution in [0.1, 0.15) is 21.8 Å². The van der Waals surface area contributed by atoms with Gasteiger partial charge in [0.25, 0.3) is 5.91 Å². The van der Waals surface area contributed by atoms with Gasteiger partial charge in [0, 0.05) is 18.1 Å². The Labute approximate surface area is 123 Å². The fourth-order valence-electron chi connectivity index (χ4n) is 1.58. The highest BCUT2D eigenvalue weighted by Gasteiger charge is 2.26. The molecule has 0 unspecified atom stereocenters. The van der Waals surface area contributed by atoms with Gasteiger partial charge < -0.3 is 5.32 Å². The lowest BCUT2D eigenvalue weighted by molar-refractivity contribution is -0.132. The van der Waals surface area contributed by atoms with Crippen LogP contribution in [0.4, 0.5) is 13.2 Å². The molecule has 4 nitrogen and oxygen atoms in total. The van der Waals surface area contributed by atoms with Gasteiger partial charge in [0.05, 0.1) is 28.4 Å². The van der Waals surface area contributed by atoms with Gasteiger partial charge >= 0.3 is 6.18 Å². The van der Waals surface area contributed by atoms with E-state index in [9.17, 15) is 18.0 Å². The number of pyridine rings is 1. The SMILES string of the molecule is Cc1nc(-c2ccc(C(=O)NCCC(F)(F)F)cn2)cs1. The molecule has 0 fully saturated rings. The lowest BCUT2D eigenvalue weighted by Crippen LogP contribution is -2.27. The first-order valence-corrected chi connectivity index (χ1v) is 6.96. The predicted molar refractivity (Wildman–Crippen MR) is 73.1 cm³/mol. The molecule has 2 aromatic rings. The summed E-state index contributed by atoms with van der Waals surface area (Å²) >= 11 is 1.49. The van der Waals surface area contributed by atoms with E-state index in [4.69, 9.17) is 0 Å². The van der Waals surface area contributed by atoms with Crippen LogP contribution in [0.15, 0.2) is 23.7 Å². The third kappa shape index (κ3) is 4.52. The van der Waals surface area contributed by atoms with Crippen LogP contribution in [0.3, 0.4) is 0 Å². The van der Waals surface area contributed by atoms with Crippen molar-refractivity contribution in [3.05, 3.63) is 34.3 Å². The summed E-state index contributed by atoms with van der Waals surface area (Å²) in [6.45, 7) is 1.42. The second kappa shape index (κ2) is 6.21. The average Bonchev–Trinajstić information content (AvgIpc) is 2.84. The monoisotopic (exact) mass is 315 g/mol. The molecule has 21 heavy (non-hydrogen) atoms. The smallest absolute Gasteiger partial charge is 0.352 e. The third-order valence-corrected chi connectivity index (χ3v) is 3.37. The minimum absolute atomic E-state index is 0.216. The van der Waals surface area contributed by atoms with Gasteiger partial charge in [-0.15, -0.1) is 11.3 Å². The molecule has 0 radical (unpaired) electrons.